The quantitative estimate of drug-likeness (QED) is 0.800. The summed E-state index contributed by atoms with van der Waals surface area (Å²) in [6, 6.07) is 3.63. The Morgan fingerprint density at radius 1 is 1.33 bits per heavy atom. The van der Waals surface area contributed by atoms with Crippen LogP contribution in [0.15, 0.2) is 18.2 Å². The number of carbonyl (C=O) groups excluding carboxylic acids is 1. The summed E-state index contributed by atoms with van der Waals surface area (Å²) in [5, 5.41) is 22.9. The number of benzene rings is 1. The monoisotopic (exact) mass is 326 g/mol. The van der Waals surface area contributed by atoms with E-state index in [0.717, 1.165) is 11.4 Å². The van der Waals surface area contributed by atoms with Gasteiger partial charge in [0, 0.05) is 5.69 Å². The third-order valence-corrected chi connectivity index (χ3v) is 3.74. The first kappa shape index (κ1) is 15.2. The van der Waals surface area contributed by atoms with Crippen LogP contribution in [0.4, 0.5) is 15.6 Å². The summed E-state index contributed by atoms with van der Waals surface area (Å²) >= 11 is 7.10. The third-order valence-electron chi connectivity index (χ3n) is 2.45. The van der Waals surface area contributed by atoms with Crippen LogP contribution in [0.25, 0.3) is 0 Å². The van der Waals surface area contributed by atoms with Crippen molar-refractivity contribution in [3.8, 4) is 0 Å². The summed E-state index contributed by atoms with van der Waals surface area (Å²) in [5.74, 6) is -1.13. The number of carbonyl (C=O) groups is 2. The van der Waals surface area contributed by atoms with E-state index < -0.39 is 12.0 Å². The van der Waals surface area contributed by atoms with E-state index in [1.807, 2.05) is 6.92 Å². The molecule has 21 heavy (non-hydrogen) atoms. The summed E-state index contributed by atoms with van der Waals surface area (Å²) in [7, 11) is 0. The molecule has 2 rings (SSSR count). The minimum Gasteiger partial charge on any atom is -0.478 e. The highest BCUT2D eigenvalue weighted by molar-refractivity contribution is 7.15. The molecule has 3 N–H and O–H groups in total. The Balaban J connectivity index is 2.02. The summed E-state index contributed by atoms with van der Waals surface area (Å²) in [5.41, 5.74) is 0.349. The van der Waals surface area contributed by atoms with Crippen LogP contribution in [-0.2, 0) is 6.42 Å². The number of aryl methyl sites for hydroxylation is 1. The van der Waals surface area contributed by atoms with Gasteiger partial charge in [-0.3, -0.25) is 5.32 Å². The minimum absolute atomic E-state index is 0.0284. The van der Waals surface area contributed by atoms with Gasteiger partial charge in [-0.05, 0) is 24.6 Å². The third kappa shape index (κ3) is 3.89. The van der Waals surface area contributed by atoms with E-state index in [1.165, 1.54) is 29.5 Å². The molecule has 0 radical (unpaired) electrons. The Kier molecular flexibility index (Phi) is 4.71. The summed E-state index contributed by atoms with van der Waals surface area (Å²) in [4.78, 5) is 22.6. The molecule has 7 nitrogen and oxygen atoms in total. The number of hydrogen-bond donors (Lipinski definition) is 3. The van der Waals surface area contributed by atoms with Crippen LogP contribution in [0.3, 0.4) is 0 Å². The van der Waals surface area contributed by atoms with Gasteiger partial charge in [0.15, 0.2) is 0 Å². The first-order chi connectivity index (χ1) is 9.99. The van der Waals surface area contributed by atoms with Crippen molar-refractivity contribution >= 4 is 45.8 Å². The second kappa shape index (κ2) is 6.51. The largest absolute Gasteiger partial charge is 0.478 e. The van der Waals surface area contributed by atoms with Crippen molar-refractivity contribution in [3.63, 3.8) is 0 Å². The standard InChI is InChI=1S/C12H11ClN4O3S/c1-2-9-16-17-12(21-9)15-11(20)14-6-3-4-7(10(18)19)8(13)5-6/h3-5H,2H2,1H3,(H,18,19)(H2,14,15,17,20). The number of aromatic nitrogens is 2. The van der Waals surface area contributed by atoms with Crippen LogP contribution in [-0.4, -0.2) is 27.3 Å². The lowest BCUT2D eigenvalue weighted by molar-refractivity contribution is 0.0697. The van der Waals surface area contributed by atoms with Gasteiger partial charge in [-0.25, -0.2) is 9.59 Å². The first-order valence-electron chi connectivity index (χ1n) is 5.92. The predicted molar refractivity (Wildman–Crippen MR) is 80.3 cm³/mol. The van der Waals surface area contributed by atoms with Gasteiger partial charge in [0.1, 0.15) is 5.01 Å². The highest BCUT2D eigenvalue weighted by atomic mass is 35.5. The number of carboxylic acids is 1. The van der Waals surface area contributed by atoms with E-state index in [2.05, 4.69) is 20.8 Å². The molecule has 1 heterocycles. The maximum absolute atomic E-state index is 11.8. The van der Waals surface area contributed by atoms with E-state index in [-0.39, 0.29) is 10.6 Å². The molecule has 0 bridgehead atoms. The lowest BCUT2D eigenvalue weighted by Crippen LogP contribution is -2.19. The number of rotatable bonds is 4. The smallest absolute Gasteiger partial charge is 0.337 e. The van der Waals surface area contributed by atoms with Crippen LogP contribution >= 0.6 is 22.9 Å². The van der Waals surface area contributed by atoms with Gasteiger partial charge in [0.25, 0.3) is 0 Å². The molecule has 0 fully saturated rings. The fraction of sp³-hybridized carbons (Fsp3) is 0.167. The number of hydrogen-bond acceptors (Lipinski definition) is 5. The topological polar surface area (TPSA) is 104 Å². The number of aromatic carboxylic acids is 1. The molecule has 0 spiro atoms. The molecule has 0 aliphatic carbocycles. The predicted octanol–water partition coefficient (Wildman–Crippen LogP) is 3.10. The van der Waals surface area contributed by atoms with Crippen molar-refractivity contribution < 1.29 is 14.7 Å². The zero-order valence-corrected chi connectivity index (χ0v) is 12.5. The average Bonchev–Trinajstić information content (AvgIpc) is 2.85. The van der Waals surface area contributed by atoms with Crippen molar-refractivity contribution in [2.75, 3.05) is 10.6 Å². The number of urea groups is 1. The summed E-state index contributed by atoms with van der Waals surface area (Å²) in [6.45, 7) is 1.94. The number of amides is 2. The highest BCUT2D eigenvalue weighted by Gasteiger charge is 2.11. The molecule has 0 aliphatic heterocycles. The van der Waals surface area contributed by atoms with Crippen LogP contribution < -0.4 is 10.6 Å². The van der Waals surface area contributed by atoms with E-state index >= 15 is 0 Å². The zero-order chi connectivity index (χ0) is 15.4. The van der Waals surface area contributed by atoms with Gasteiger partial charge in [-0.15, -0.1) is 10.2 Å². The Labute approximate surface area is 129 Å². The maximum Gasteiger partial charge on any atom is 0.337 e. The second-order valence-electron chi connectivity index (χ2n) is 3.93. The molecule has 0 unspecified atom stereocenters. The maximum atomic E-state index is 11.8. The number of nitrogens with one attached hydrogen (secondary N) is 2. The Morgan fingerprint density at radius 2 is 2.10 bits per heavy atom. The van der Waals surface area contributed by atoms with Gasteiger partial charge in [0.05, 0.1) is 10.6 Å². The fourth-order valence-corrected chi connectivity index (χ4v) is 2.41. The summed E-state index contributed by atoms with van der Waals surface area (Å²) in [6.07, 6.45) is 0.743. The average molecular weight is 327 g/mol. The molecule has 2 amide bonds. The normalized spacial score (nSPS) is 10.2. The zero-order valence-electron chi connectivity index (χ0n) is 10.9. The van der Waals surface area contributed by atoms with Gasteiger partial charge < -0.3 is 10.4 Å². The molecule has 1 aromatic carbocycles. The Morgan fingerprint density at radius 3 is 2.67 bits per heavy atom. The van der Waals surface area contributed by atoms with Crippen molar-refractivity contribution in [2.24, 2.45) is 0 Å². The van der Waals surface area contributed by atoms with Crippen molar-refractivity contribution in [2.45, 2.75) is 13.3 Å². The van der Waals surface area contributed by atoms with Gasteiger partial charge in [-0.1, -0.05) is 29.9 Å². The lowest BCUT2D eigenvalue weighted by atomic mass is 10.2. The van der Waals surface area contributed by atoms with E-state index in [0.29, 0.717) is 10.8 Å². The van der Waals surface area contributed by atoms with Crippen LogP contribution in [0.5, 0.6) is 0 Å². The van der Waals surface area contributed by atoms with Gasteiger partial charge in [-0.2, -0.15) is 0 Å². The van der Waals surface area contributed by atoms with Crippen molar-refractivity contribution in [1.29, 1.82) is 0 Å². The highest BCUT2D eigenvalue weighted by Crippen LogP contribution is 2.21. The van der Waals surface area contributed by atoms with Crippen molar-refractivity contribution in [1.82, 2.24) is 10.2 Å². The molecular formula is C12H11ClN4O3S. The number of carboxylic acid groups (broad SMARTS) is 1. The Bertz CT molecular complexity index is 689. The van der Waals surface area contributed by atoms with Gasteiger partial charge >= 0.3 is 12.0 Å². The van der Waals surface area contributed by atoms with E-state index in [9.17, 15) is 9.59 Å². The molecule has 0 saturated carbocycles. The minimum atomic E-state index is -1.13. The van der Waals surface area contributed by atoms with Crippen LogP contribution in [0.2, 0.25) is 5.02 Å². The molecule has 0 atom stereocenters. The Hall–Kier alpha value is -2.19. The molecule has 9 heteroatoms. The second-order valence-corrected chi connectivity index (χ2v) is 5.40. The lowest BCUT2D eigenvalue weighted by Gasteiger charge is -2.06. The number of nitrogens with zero attached hydrogens (tertiary/aromatic N) is 2. The molecular weight excluding hydrogens is 316 g/mol. The van der Waals surface area contributed by atoms with Crippen LogP contribution in [0.1, 0.15) is 22.3 Å². The van der Waals surface area contributed by atoms with Gasteiger partial charge in [0.2, 0.25) is 5.13 Å². The fourth-order valence-electron chi connectivity index (χ4n) is 1.47. The van der Waals surface area contributed by atoms with E-state index in [4.69, 9.17) is 16.7 Å². The number of halogens is 1. The van der Waals surface area contributed by atoms with Crippen LogP contribution in [0, 0.1) is 0 Å². The molecule has 1 aromatic heterocycles. The first-order valence-corrected chi connectivity index (χ1v) is 7.12. The molecule has 0 aliphatic rings. The molecule has 2 aromatic rings. The van der Waals surface area contributed by atoms with E-state index in [1.54, 1.807) is 0 Å². The molecule has 0 saturated heterocycles. The number of anilines is 2. The summed E-state index contributed by atoms with van der Waals surface area (Å²) < 4.78 is 0. The SMILES string of the molecule is CCc1nnc(NC(=O)Nc2ccc(C(=O)O)c(Cl)c2)s1. The van der Waals surface area contributed by atoms with Crippen molar-refractivity contribution in [3.05, 3.63) is 33.8 Å². The molecule has 110 valence electrons.